The fourth-order valence-corrected chi connectivity index (χ4v) is 5.93. The minimum absolute atomic E-state index is 0.0345. The molecule has 2 fully saturated rings. The van der Waals surface area contributed by atoms with Crippen molar-refractivity contribution in [1.82, 2.24) is 4.90 Å². The van der Waals surface area contributed by atoms with Gasteiger partial charge in [-0.15, -0.1) is 0 Å². The van der Waals surface area contributed by atoms with Crippen LogP contribution in [-0.4, -0.2) is 42.9 Å². The molecule has 3 unspecified atom stereocenters. The first-order valence-electron chi connectivity index (χ1n) is 11.0. The van der Waals surface area contributed by atoms with Gasteiger partial charge in [0.05, 0.1) is 5.25 Å². The molecule has 1 heterocycles. The Morgan fingerprint density at radius 1 is 1.10 bits per heavy atom. The second-order valence-electron chi connectivity index (χ2n) is 9.00. The number of nitrogens with zero attached hydrogens (tertiary/aromatic N) is 1. The van der Waals surface area contributed by atoms with Crippen LogP contribution < -0.4 is 0 Å². The molecule has 7 heteroatoms. The molecule has 0 bridgehead atoms. The van der Waals surface area contributed by atoms with Crippen molar-refractivity contribution in [2.24, 2.45) is 11.3 Å². The lowest BCUT2D eigenvalue weighted by molar-refractivity contribution is -0.144. The molecule has 0 spiro atoms. The predicted octanol–water partition coefficient (Wildman–Crippen LogP) is 4.34. The van der Waals surface area contributed by atoms with E-state index in [9.17, 15) is 18.0 Å². The van der Waals surface area contributed by atoms with Gasteiger partial charge >= 0.3 is 5.30 Å². The highest BCUT2D eigenvalue weighted by Gasteiger charge is 2.46. The van der Waals surface area contributed by atoms with E-state index in [0.717, 1.165) is 37.7 Å². The van der Waals surface area contributed by atoms with E-state index in [-0.39, 0.29) is 31.4 Å². The van der Waals surface area contributed by atoms with Gasteiger partial charge in [0.2, 0.25) is 5.91 Å². The summed E-state index contributed by atoms with van der Waals surface area (Å²) in [7, 11) is -4.11. The maximum Gasteiger partial charge on any atom is 0.425 e. The SMILES string of the molecule is CC1CCCCCCC1(C)C(=O)N1CCC(S(=O)(=O)C(=O)OCc2ccccc2)C1. The van der Waals surface area contributed by atoms with Gasteiger partial charge < -0.3 is 9.64 Å². The molecule has 1 saturated carbocycles. The van der Waals surface area contributed by atoms with Gasteiger partial charge in [0.15, 0.2) is 0 Å². The molecular formula is C23H33NO5S. The molecular weight excluding hydrogens is 402 g/mol. The summed E-state index contributed by atoms with van der Waals surface area (Å²) in [5.41, 5.74) is 0.267. The van der Waals surface area contributed by atoms with Crippen LogP contribution in [0.2, 0.25) is 0 Å². The number of carbonyl (C=O) groups excluding carboxylic acids is 2. The van der Waals surface area contributed by atoms with Gasteiger partial charge in [-0.2, -0.15) is 0 Å². The standard InChI is InChI=1S/C23H33NO5S/c1-18-10-6-3-4-9-14-23(18,2)21(25)24-15-13-20(16-24)30(27,28)22(26)29-17-19-11-7-5-8-12-19/h5,7-8,11-12,18,20H,3-4,6,9-10,13-17H2,1-2H3. The number of likely N-dealkylation sites (tertiary alicyclic amines) is 1. The summed E-state index contributed by atoms with van der Waals surface area (Å²) in [5, 5.41) is -2.09. The molecule has 1 saturated heterocycles. The summed E-state index contributed by atoms with van der Waals surface area (Å²) < 4.78 is 30.5. The highest BCUT2D eigenvalue weighted by molar-refractivity contribution is 8.06. The van der Waals surface area contributed by atoms with Crippen LogP contribution in [0.25, 0.3) is 0 Å². The van der Waals surface area contributed by atoms with E-state index < -0.39 is 25.8 Å². The smallest absolute Gasteiger partial charge is 0.425 e. The minimum atomic E-state index is -4.11. The second kappa shape index (κ2) is 9.50. The lowest BCUT2D eigenvalue weighted by Crippen LogP contribution is -2.46. The number of rotatable bonds is 4. The Morgan fingerprint density at radius 2 is 1.80 bits per heavy atom. The molecule has 0 N–H and O–H groups in total. The Bertz CT molecular complexity index is 854. The fraction of sp³-hybridized carbons (Fsp3) is 0.652. The Kier molecular flexibility index (Phi) is 7.22. The predicted molar refractivity (Wildman–Crippen MR) is 116 cm³/mol. The van der Waals surface area contributed by atoms with E-state index in [4.69, 9.17) is 4.74 Å². The number of hydrogen-bond donors (Lipinski definition) is 0. The maximum absolute atomic E-state index is 13.4. The highest BCUT2D eigenvalue weighted by atomic mass is 32.2. The monoisotopic (exact) mass is 435 g/mol. The normalized spacial score (nSPS) is 27.9. The molecule has 1 aromatic carbocycles. The summed E-state index contributed by atoms with van der Waals surface area (Å²) in [6.07, 6.45) is 6.63. The number of amides is 1. The van der Waals surface area contributed by atoms with Crippen LogP contribution in [-0.2, 0) is 26.0 Å². The van der Waals surface area contributed by atoms with Crippen molar-refractivity contribution in [3.8, 4) is 0 Å². The molecule has 3 atom stereocenters. The Labute approximate surface area is 179 Å². The minimum Gasteiger partial charge on any atom is -0.449 e. The summed E-state index contributed by atoms with van der Waals surface area (Å²) >= 11 is 0. The summed E-state index contributed by atoms with van der Waals surface area (Å²) in [5.74, 6) is 0.295. The lowest BCUT2D eigenvalue weighted by Gasteiger charge is -2.39. The molecule has 3 rings (SSSR count). The maximum atomic E-state index is 13.4. The Morgan fingerprint density at radius 3 is 2.53 bits per heavy atom. The largest absolute Gasteiger partial charge is 0.449 e. The highest BCUT2D eigenvalue weighted by Crippen LogP contribution is 2.41. The first-order valence-corrected chi connectivity index (χ1v) is 12.5. The summed E-state index contributed by atoms with van der Waals surface area (Å²) in [4.78, 5) is 27.3. The molecule has 0 aromatic heterocycles. The lowest BCUT2D eigenvalue weighted by atomic mass is 9.69. The van der Waals surface area contributed by atoms with Gasteiger partial charge in [0.25, 0.3) is 9.84 Å². The number of benzene rings is 1. The molecule has 6 nitrogen and oxygen atoms in total. The van der Waals surface area contributed by atoms with E-state index in [2.05, 4.69) is 6.92 Å². The summed E-state index contributed by atoms with van der Waals surface area (Å²) in [6.45, 7) is 4.53. The van der Waals surface area contributed by atoms with Crippen LogP contribution in [0.3, 0.4) is 0 Å². The van der Waals surface area contributed by atoms with Crippen molar-refractivity contribution in [3.05, 3.63) is 35.9 Å². The average Bonchev–Trinajstić information content (AvgIpc) is 3.24. The zero-order chi connectivity index (χ0) is 21.8. The Balaban J connectivity index is 1.62. The van der Waals surface area contributed by atoms with Gasteiger partial charge in [0.1, 0.15) is 6.61 Å². The first-order chi connectivity index (χ1) is 14.2. The van der Waals surface area contributed by atoms with Crippen LogP contribution in [0.15, 0.2) is 30.3 Å². The van der Waals surface area contributed by atoms with Gasteiger partial charge in [-0.1, -0.05) is 69.9 Å². The van der Waals surface area contributed by atoms with Crippen molar-refractivity contribution in [2.45, 2.75) is 70.7 Å². The summed E-state index contributed by atoms with van der Waals surface area (Å²) in [6, 6.07) is 8.98. The molecule has 1 amide bonds. The van der Waals surface area contributed by atoms with E-state index in [0.29, 0.717) is 6.54 Å². The van der Waals surface area contributed by atoms with Crippen molar-refractivity contribution < 1.29 is 22.7 Å². The van der Waals surface area contributed by atoms with Crippen molar-refractivity contribution in [3.63, 3.8) is 0 Å². The van der Waals surface area contributed by atoms with Crippen LogP contribution in [0.1, 0.15) is 64.4 Å². The second-order valence-corrected chi connectivity index (χ2v) is 11.1. The van der Waals surface area contributed by atoms with Crippen LogP contribution in [0.4, 0.5) is 4.79 Å². The van der Waals surface area contributed by atoms with Gasteiger partial charge in [-0.3, -0.25) is 4.79 Å². The van der Waals surface area contributed by atoms with Crippen molar-refractivity contribution in [2.75, 3.05) is 13.1 Å². The quantitative estimate of drug-likeness (QED) is 0.658. The van der Waals surface area contributed by atoms with Gasteiger partial charge in [0, 0.05) is 18.5 Å². The third kappa shape index (κ3) is 4.88. The molecule has 1 aromatic rings. The number of carbonyl (C=O) groups is 2. The molecule has 1 aliphatic carbocycles. The van der Waals surface area contributed by atoms with Crippen molar-refractivity contribution >= 4 is 21.0 Å². The number of sulfone groups is 1. The fourth-order valence-electron chi connectivity index (χ4n) is 4.64. The van der Waals surface area contributed by atoms with Gasteiger partial charge in [-0.25, -0.2) is 13.2 Å². The molecule has 166 valence electrons. The van der Waals surface area contributed by atoms with Crippen molar-refractivity contribution in [1.29, 1.82) is 0 Å². The van der Waals surface area contributed by atoms with Crippen LogP contribution in [0.5, 0.6) is 0 Å². The van der Waals surface area contributed by atoms with Crippen LogP contribution in [0, 0.1) is 11.3 Å². The third-order valence-corrected chi connectivity index (χ3v) is 8.81. The van der Waals surface area contributed by atoms with E-state index >= 15 is 0 Å². The zero-order valence-electron chi connectivity index (χ0n) is 18.0. The third-order valence-electron chi connectivity index (χ3n) is 6.96. The molecule has 1 aliphatic heterocycles. The molecule has 2 aliphatic rings. The first kappa shape index (κ1) is 22.8. The number of hydrogen-bond acceptors (Lipinski definition) is 5. The Hall–Kier alpha value is -1.89. The topological polar surface area (TPSA) is 80.8 Å². The molecule has 0 radical (unpaired) electrons. The van der Waals surface area contributed by atoms with E-state index in [1.165, 1.54) is 6.42 Å². The van der Waals surface area contributed by atoms with Gasteiger partial charge in [-0.05, 0) is 30.7 Å². The van der Waals surface area contributed by atoms with E-state index in [1.807, 2.05) is 13.0 Å². The average molecular weight is 436 g/mol. The number of ether oxygens (including phenoxy) is 1. The molecule has 30 heavy (non-hydrogen) atoms. The van der Waals surface area contributed by atoms with E-state index in [1.54, 1.807) is 29.2 Å². The zero-order valence-corrected chi connectivity index (χ0v) is 18.8. The van der Waals surface area contributed by atoms with Crippen LogP contribution >= 0.6 is 0 Å².